The highest BCUT2D eigenvalue weighted by Gasteiger charge is 2.31. The van der Waals surface area contributed by atoms with E-state index >= 15 is 0 Å². The van der Waals surface area contributed by atoms with Crippen molar-refractivity contribution in [2.75, 3.05) is 32.7 Å². The molecule has 1 saturated carbocycles. The predicted octanol–water partition coefficient (Wildman–Crippen LogP) is 0.397. The summed E-state index contributed by atoms with van der Waals surface area (Å²) < 4.78 is 0. The lowest BCUT2D eigenvalue weighted by Gasteiger charge is -2.35. The standard InChI is InChI=1S/C12H22N4/c1-12(14,10-13)4-5-15-6-8-16(9-7-15)11-2-3-11/h11H,2-9,14H2,1H3. The zero-order chi connectivity index (χ0) is 11.6. The molecule has 0 bridgehead atoms. The first kappa shape index (κ1) is 11.8. The van der Waals surface area contributed by atoms with Crippen molar-refractivity contribution in [3.63, 3.8) is 0 Å². The number of hydrogen-bond donors (Lipinski definition) is 1. The van der Waals surface area contributed by atoms with Crippen LogP contribution in [0, 0.1) is 11.3 Å². The molecule has 0 aromatic rings. The van der Waals surface area contributed by atoms with Gasteiger partial charge in [0.2, 0.25) is 0 Å². The Morgan fingerprint density at radius 3 is 2.44 bits per heavy atom. The molecule has 1 atom stereocenters. The van der Waals surface area contributed by atoms with E-state index in [0.29, 0.717) is 0 Å². The second kappa shape index (κ2) is 4.70. The lowest BCUT2D eigenvalue weighted by atomic mass is 10.0. The van der Waals surface area contributed by atoms with E-state index in [-0.39, 0.29) is 0 Å². The van der Waals surface area contributed by atoms with Crippen LogP contribution in [-0.2, 0) is 0 Å². The maximum atomic E-state index is 8.84. The average molecular weight is 222 g/mol. The van der Waals surface area contributed by atoms with Crippen LogP contribution in [-0.4, -0.2) is 54.1 Å². The van der Waals surface area contributed by atoms with E-state index in [1.165, 1.54) is 25.9 Å². The summed E-state index contributed by atoms with van der Waals surface area (Å²) in [4.78, 5) is 5.03. The molecule has 90 valence electrons. The van der Waals surface area contributed by atoms with Gasteiger partial charge in [0, 0.05) is 38.8 Å². The second-order valence-electron chi connectivity index (χ2n) is 5.39. The molecule has 1 unspecified atom stereocenters. The molecule has 0 aromatic heterocycles. The summed E-state index contributed by atoms with van der Waals surface area (Å²) in [6.45, 7) is 7.43. The summed E-state index contributed by atoms with van der Waals surface area (Å²) in [6.07, 6.45) is 3.57. The predicted molar refractivity (Wildman–Crippen MR) is 63.9 cm³/mol. The van der Waals surface area contributed by atoms with Gasteiger partial charge in [0.15, 0.2) is 0 Å². The van der Waals surface area contributed by atoms with E-state index in [0.717, 1.165) is 32.1 Å². The molecule has 4 heteroatoms. The molecular weight excluding hydrogens is 200 g/mol. The Morgan fingerprint density at radius 2 is 1.94 bits per heavy atom. The number of nitrogens with zero attached hydrogens (tertiary/aromatic N) is 3. The summed E-state index contributed by atoms with van der Waals surface area (Å²) >= 11 is 0. The average Bonchev–Trinajstić information content (AvgIpc) is 3.11. The summed E-state index contributed by atoms with van der Waals surface area (Å²) in [5.74, 6) is 0. The molecule has 1 aliphatic carbocycles. The second-order valence-corrected chi connectivity index (χ2v) is 5.39. The van der Waals surface area contributed by atoms with Gasteiger partial charge in [-0.2, -0.15) is 5.26 Å². The smallest absolute Gasteiger partial charge is 0.102 e. The first-order valence-corrected chi connectivity index (χ1v) is 6.27. The van der Waals surface area contributed by atoms with E-state index in [4.69, 9.17) is 11.0 Å². The first-order chi connectivity index (χ1) is 7.61. The highest BCUT2D eigenvalue weighted by molar-refractivity contribution is 5.01. The Hall–Kier alpha value is -0.630. The quantitative estimate of drug-likeness (QED) is 0.748. The largest absolute Gasteiger partial charge is 0.314 e. The van der Waals surface area contributed by atoms with Gasteiger partial charge in [0.05, 0.1) is 6.07 Å². The minimum absolute atomic E-state index is 0.659. The normalized spacial score (nSPS) is 27.3. The fourth-order valence-corrected chi connectivity index (χ4v) is 2.24. The van der Waals surface area contributed by atoms with Crippen LogP contribution in [0.5, 0.6) is 0 Å². The van der Waals surface area contributed by atoms with Crippen LogP contribution in [0.4, 0.5) is 0 Å². The van der Waals surface area contributed by atoms with Crippen LogP contribution in [0.25, 0.3) is 0 Å². The van der Waals surface area contributed by atoms with Crippen LogP contribution in [0.2, 0.25) is 0 Å². The molecule has 0 radical (unpaired) electrons. The Bertz CT molecular complexity index is 269. The van der Waals surface area contributed by atoms with Gasteiger partial charge in [-0.25, -0.2) is 0 Å². The lowest BCUT2D eigenvalue weighted by Crippen LogP contribution is -2.49. The number of nitrogens with two attached hydrogens (primary N) is 1. The third-order valence-electron chi connectivity index (χ3n) is 3.67. The molecular formula is C12H22N4. The lowest BCUT2D eigenvalue weighted by molar-refractivity contribution is 0.122. The van der Waals surface area contributed by atoms with Crippen molar-refractivity contribution in [2.45, 2.75) is 37.8 Å². The van der Waals surface area contributed by atoms with Gasteiger partial charge >= 0.3 is 0 Å². The molecule has 16 heavy (non-hydrogen) atoms. The van der Waals surface area contributed by atoms with Crippen molar-refractivity contribution in [1.29, 1.82) is 5.26 Å². The van der Waals surface area contributed by atoms with Crippen LogP contribution in [0.1, 0.15) is 26.2 Å². The molecule has 1 aliphatic heterocycles. The van der Waals surface area contributed by atoms with Crippen LogP contribution in [0.15, 0.2) is 0 Å². The fourth-order valence-electron chi connectivity index (χ4n) is 2.24. The van der Waals surface area contributed by atoms with Gasteiger partial charge in [0.25, 0.3) is 0 Å². The van der Waals surface area contributed by atoms with Gasteiger partial charge in [-0.1, -0.05) is 0 Å². The van der Waals surface area contributed by atoms with E-state index in [2.05, 4.69) is 15.9 Å². The molecule has 2 fully saturated rings. The van der Waals surface area contributed by atoms with Crippen molar-refractivity contribution in [3.05, 3.63) is 0 Å². The van der Waals surface area contributed by atoms with Gasteiger partial charge in [0.1, 0.15) is 5.54 Å². The van der Waals surface area contributed by atoms with E-state index in [9.17, 15) is 0 Å². The Balaban J connectivity index is 1.67. The summed E-state index contributed by atoms with van der Waals surface area (Å²) in [5.41, 5.74) is 5.16. The van der Waals surface area contributed by atoms with Gasteiger partial charge in [-0.15, -0.1) is 0 Å². The topological polar surface area (TPSA) is 56.3 Å². The fraction of sp³-hybridized carbons (Fsp3) is 0.917. The minimum Gasteiger partial charge on any atom is -0.314 e. The van der Waals surface area contributed by atoms with Crippen LogP contribution < -0.4 is 5.73 Å². The maximum absolute atomic E-state index is 8.84. The highest BCUT2D eigenvalue weighted by Crippen LogP contribution is 2.27. The summed E-state index contributed by atoms with van der Waals surface area (Å²) in [6, 6.07) is 3.05. The van der Waals surface area contributed by atoms with E-state index in [1.54, 1.807) is 0 Å². The summed E-state index contributed by atoms with van der Waals surface area (Å²) in [7, 11) is 0. The Kier molecular flexibility index (Phi) is 3.48. The summed E-state index contributed by atoms with van der Waals surface area (Å²) in [5, 5.41) is 8.84. The van der Waals surface area contributed by atoms with Crippen LogP contribution >= 0.6 is 0 Å². The molecule has 2 aliphatic rings. The van der Waals surface area contributed by atoms with Crippen molar-refractivity contribution in [2.24, 2.45) is 5.73 Å². The SMILES string of the molecule is CC(N)(C#N)CCN1CCN(C2CC2)CC1. The molecule has 1 heterocycles. The van der Waals surface area contributed by atoms with Gasteiger partial charge in [-0.3, -0.25) is 4.90 Å². The van der Waals surface area contributed by atoms with Crippen molar-refractivity contribution in [3.8, 4) is 6.07 Å². The molecule has 4 nitrogen and oxygen atoms in total. The van der Waals surface area contributed by atoms with Gasteiger partial charge < -0.3 is 10.6 Å². The molecule has 2 rings (SSSR count). The minimum atomic E-state index is -0.659. The highest BCUT2D eigenvalue weighted by atomic mass is 15.3. The number of piperazine rings is 1. The third-order valence-corrected chi connectivity index (χ3v) is 3.67. The Morgan fingerprint density at radius 1 is 1.31 bits per heavy atom. The molecule has 0 aromatic carbocycles. The van der Waals surface area contributed by atoms with Crippen molar-refractivity contribution >= 4 is 0 Å². The van der Waals surface area contributed by atoms with Crippen molar-refractivity contribution in [1.82, 2.24) is 9.80 Å². The Labute approximate surface area is 98.0 Å². The van der Waals surface area contributed by atoms with E-state index in [1.807, 2.05) is 6.92 Å². The van der Waals surface area contributed by atoms with Gasteiger partial charge in [-0.05, 0) is 26.2 Å². The molecule has 1 saturated heterocycles. The van der Waals surface area contributed by atoms with Crippen LogP contribution in [0.3, 0.4) is 0 Å². The van der Waals surface area contributed by atoms with E-state index < -0.39 is 5.54 Å². The first-order valence-electron chi connectivity index (χ1n) is 6.27. The van der Waals surface area contributed by atoms with Crippen molar-refractivity contribution < 1.29 is 0 Å². The molecule has 2 N–H and O–H groups in total. The number of hydrogen-bond acceptors (Lipinski definition) is 4. The number of rotatable bonds is 4. The molecule has 0 amide bonds. The zero-order valence-corrected chi connectivity index (χ0v) is 10.2. The number of nitriles is 1. The third kappa shape index (κ3) is 3.18. The molecule has 0 spiro atoms. The zero-order valence-electron chi connectivity index (χ0n) is 10.2. The maximum Gasteiger partial charge on any atom is 0.102 e. The monoisotopic (exact) mass is 222 g/mol.